The number of hydrogen-bond acceptors (Lipinski definition) is 3. The first kappa shape index (κ1) is 14.5. The Kier molecular flexibility index (Phi) is 4.18. The lowest BCUT2D eigenvalue weighted by atomic mass is 10.2. The number of benzene rings is 2. The summed E-state index contributed by atoms with van der Waals surface area (Å²) in [6.07, 6.45) is 0. The second-order valence-electron chi connectivity index (χ2n) is 4.41. The third kappa shape index (κ3) is 3.56. The summed E-state index contributed by atoms with van der Waals surface area (Å²) in [6, 6.07) is 10.1. The third-order valence-electron chi connectivity index (χ3n) is 2.73. The summed E-state index contributed by atoms with van der Waals surface area (Å²) in [4.78, 5) is 23.4. The lowest BCUT2D eigenvalue weighted by molar-refractivity contribution is -0.133. The average Bonchev–Trinajstić information content (AvgIpc) is 2.45. The van der Waals surface area contributed by atoms with Gasteiger partial charge in [0.05, 0.1) is 11.4 Å². The number of hydrogen-bond donors (Lipinski definition) is 3. The van der Waals surface area contributed by atoms with Crippen LogP contribution in [-0.4, -0.2) is 16.9 Å². The molecule has 0 aromatic heterocycles. The topological polar surface area (TPSA) is 78.4 Å². The highest BCUT2D eigenvalue weighted by atomic mass is 19.1. The third-order valence-corrected chi connectivity index (χ3v) is 2.73. The summed E-state index contributed by atoms with van der Waals surface area (Å²) in [6.45, 7) is 1.77. The Morgan fingerprint density at radius 3 is 2.29 bits per heavy atom. The molecule has 0 saturated carbocycles. The zero-order chi connectivity index (χ0) is 15.4. The number of aryl methyl sites for hydroxylation is 1. The maximum atomic E-state index is 13.4. The quantitative estimate of drug-likeness (QED) is 0.586. The molecule has 0 aliphatic rings. The Morgan fingerprint density at radius 2 is 1.62 bits per heavy atom. The van der Waals surface area contributed by atoms with Crippen LogP contribution in [0.4, 0.5) is 15.8 Å². The molecule has 6 heteroatoms. The van der Waals surface area contributed by atoms with Crippen LogP contribution in [0.2, 0.25) is 0 Å². The summed E-state index contributed by atoms with van der Waals surface area (Å²) < 4.78 is 13.4. The molecule has 0 aliphatic carbocycles. The lowest BCUT2D eigenvalue weighted by Gasteiger charge is -2.09. The fraction of sp³-hybridized carbons (Fsp3) is 0.0667. The molecule has 108 valence electrons. The summed E-state index contributed by atoms with van der Waals surface area (Å²) in [7, 11) is 0. The van der Waals surface area contributed by atoms with E-state index in [2.05, 4.69) is 10.6 Å². The predicted molar refractivity (Wildman–Crippen MR) is 76.5 cm³/mol. The molecule has 0 radical (unpaired) electrons. The van der Waals surface area contributed by atoms with Crippen molar-refractivity contribution in [3.8, 4) is 5.75 Å². The molecule has 0 heterocycles. The maximum absolute atomic E-state index is 13.4. The van der Waals surface area contributed by atoms with Gasteiger partial charge in [-0.25, -0.2) is 4.39 Å². The van der Waals surface area contributed by atoms with E-state index in [1.54, 1.807) is 13.0 Å². The van der Waals surface area contributed by atoms with E-state index in [9.17, 15) is 19.1 Å². The largest absolute Gasteiger partial charge is 0.506 e. The number of carbonyl (C=O) groups is 2. The molecule has 0 fully saturated rings. The van der Waals surface area contributed by atoms with Gasteiger partial charge in [0.25, 0.3) is 0 Å². The molecular weight excluding hydrogens is 275 g/mol. The minimum absolute atomic E-state index is 0.0916. The number of rotatable bonds is 2. The fourth-order valence-corrected chi connectivity index (χ4v) is 1.67. The van der Waals surface area contributed by atoms with Crippen LogP contribution in [0.5, 0.6) is 5.75 Å². The number of amides is 2. The Hall–Kier alpha value is -2.89. The number of para-hydroxylation sites is 1. The van der Waals surface area contributed by atoms with Gasteiger partial charge in [-0.15, -0.1) is 0 Å². The van der Waals surface area contributed by atoms with Gasteiger partial charge in [-0.05, 0) is 36.8 Å². The van der Waals surface area contributed by atoms with Crippen molar-refractivity contribution in [3.05, 3.63) is 53.8 Å². The van der Waals surface area contributed by atoms with Crippen molar-refractivity contribution in [1.29, 1.82) is 0 Å². The van der Waals surface area contributed by atoms with Gasteiger partial charge in [0.1, 0.15) is 11.6 Å². The number of carbonyl (C=O) groups excluding carboxylic acids is 2. The van der Waals surface area contributed by atoms with Crippen LogP contribution >= 0.6 is 0 Å². The van der Waals surface area contributed by atoms with E-state index in [-0.39, 0.29) is 17.1 Å². The van der Waals surface area contributed by atoms with Crippen molar-refractivity contribution >= 4 is 23.2 Å². The molecule has 2 amide bonds. The molecule has 21 heavy (non-hydrogen) atoms. The predicted octanol–water partition coefficient (Wildman–Crippen LogP) is 2.42. The molecule has 0 unspecified atom stereocenters. The molecule has 0 atom stereocenters. The molecule has 0 spiro atoms. The van der Waals surface area contributed by atoms with Crippen LogP contribution in [0, 0.1) is 12.7 Å². The molecule has 3 N–H and O–H groups in total. The summed E-state index contributed by atoms with van der Waals surface area (Å²) in [5.74, 6) is -2.83. The number of phenolic OH excluding ortho intramolecular Hbond substituents is 1. The highest BCUT2D eigenvalue weighted by Crippen LogP contribution is 2.23. The summed E-state index contributed by atoms with van der Waals surface area (Å²) in [5.41, 5.74) is 0.826. The Bertz CT molecular complexity index is 701. The number of halogens is 1. The van der Waals surface area contributed by atoms with Gasteiger partial charge >= 0.3 is 11.8 Å². The second kappa shape index (κ2) is 6.04. The monoisotopic (exact) mass is 288 g/mol. The van der Waals surface area contributed by atoms with Crippen molar-refractivity contribution in [2.45, 2.75) is 6.92 Å². The standard InChI is InChI=1S/C15H13FN2O3/c1-9-6-7-13(19)12(8-9)18-15(21)14(20)17-11-5-3-2-4-10(11)16/h2-8,19H,1H3,(H,17,20)(H,18,21). The van der Waals surface area contributed by atoms with Gasteiger partial charge in [-0.3, -0.25) is 9.59 Å². The SMILES string of the molecule is Cc1ccc(O)c(NC(=O)C(=O)Nc2ccccc2F)c1. The van der Waals surface area contributed by atoms with Crippen molar-refractivity contribution in [3.63, 3.8) is 0 Å². The van der Waals surface area contributed by atoms with E-state index in [4.69, 9.17) is 0 Å². The molecule has 5 nitrogen and oxygen atoms in total. The molecule has 2 aromatic rings. The van der Waals surface area contributed by atoms with Crippen molar-refractivity contribution in [1.82, 2.24) is 0 Å². The Labute approximate surface area is 120 Å². The van der Waals surface area contributed by atoms with E-state index < -0.39 is 17.6 Å². The van der Waals surface area contributed by atoms with Gasteiger partial charge < -0.3 is 15.7 Å². The van der Waals surface area contributed by atoms with Crippen molar-refractivity contribution in [2.75, 3.05) is 10.6 Å². The highest BCUT2D eigenvalue weighted by molar-refractivity contribution is 6.43. The zero-order valence-electron chi connectivity index (χ0n) is 11.2. The molecule has 2 rings (SSSR count). The summed E-state index contributed by atoms with van der Waals surface area (Å²) >= 11 is 0. The molecule has 0 aliphatic heterocycles. The Morgan fingerprint density at radius 1 is 1.00 bits per heavy atom. The van der Waals surface area contributed by atoms with Gasteiger partial charge in [-0.1, -0.05) is 18.2 Å². The van der Waals surface area contributed by atoms with Crippen LogP contribution in [0.1, 0.15) is 5.56 Å². The van der Waals surface area contributed by atoms with Crippen molar-refractivity contribution in [2.24, 2.45) is 0 Å². The van der Waals surface area contributed by atoms with Gasteiger partial charge in [0.2, 0.25) is 0 Å². The van der Waals surface area contributed by atoms with Crippen LogP contribution in [0.3, 0.4) is 0 Å². The summed E-state index contributed by atoms with van der Waals surface area (Å²) in [5, 5.41) is 14.0. The van der Waals surface area contributed by atoms with Crippen LogP contribution in [0.15, 0.2) is 42.5 Å². The minimum atomic E-state index is -1.03. The van der Waals surface area contributed by atoms with E-state index in [1.807, 2.05) is 0 Å². The fourth-order valence-electron chi connectivity index (χ4n) is 1.67. The van der Waals surface area contributed by atoms with Crippen molar-refractivity contribution < 1.29 is 19.1 Å². The molecular formula is C15H13FN2O3. The number of anilines is 2. The lowest BCUT2D eigenvalue weighted by Crippen LogP contribution is -2.29. The number of nitrogens with one attached hydrogen (secondary N) is 2. The average molecular weight is 288 g/mol. The van der Waals surface area contributed by atoms with E-state index in [0.29, 0.717) is 0 Å². The number of phenols is 1. The van der Waals surface area contributed by atoms with Gasteiger partial charge in [0, 0.05) is 0 Å². The van der Waals surface area contributed by atoms with Gasteiger partial charge in [0.15, 0.2) is 0 Å². The van der Waals surface area contributed by atoms with E-state index >= 15 is 0 Å². The first-order valence-corrected chi connectivity index (χ1v) is 6.14. The Balaban J connectivity index is 2.08. The normalized spacial score (nSPS) is 10.0. The van der Waals surface area contributed by atoms with E-state index in [0.717, 1.165) is 5.56 Å². The van der Waals surface area contributed by atoms with E-state index in [1.165, 1.54) is 36.4 Å². The smallest absolute Gasteiger partial charge is 0.314 e. The van der Waals surface area contributed by atoms with Crippen LogP contribution in [0.25, 0.3) is 0 Å². The maximum Gasteiger partial charge on any atom is 0.314 e. The zero-order valence-corrected chi connectivity index (χ0v) is 11.2. The highest BCUT2D eigenvalue weighted by Gasteiger charge is 2.17. The van der Waals surface area contributed by atoms with Crippen LogP contribution in [-0.2, 0) is 9.59 Å². The van der Waals surface area contributed by atoms with Crippen LogP contribution < -0.4 is 10.6 Å². The molecule has 2 aromatic carbocycles. The first-order valence-electron chi connectivity index (χ1n) is 6.14. The number of aromatic hydroxyl groups is 1. The van der Waals surface area contributed by atoms with Gasteiger partial charge in [-0.2, -0.15) is 0 Å². The molecule has 0 bridgehead atoms. The second-order valence-corrected chi connectivity index (χ2v) is 4.41. The first-order chi connectivity index (χ1) is 9.97. The minimum Gasteiger partial charge on any atom is -0.506 e. The molecule has 0 saturated heterocycles.